The number of carbonyl (C=O) groups excluding carboxylic acids is 2. The topological polar surface area (TPSA) is 34.1 Å². The first-order valence-electron chi connectivity index (χ1n) is 4.62. The third-order valence-corrected chi connectivity index (χ3v) is 2.12. The summed E-state index contributed by atoms with van der Waals surface area (Å²) >= 11 is 0. The van der Waals surface area contributed by atoms with Gasteiger partial charge in [-0.2, -0.15) is 0 Å². The number of ketones is 2. The molecule has 0 saturated carbocycles. The van der Waals surface area contributed by atoms with E-state index >= 15 is 0 Å². The molecule has 0 bridgehead atoms. The van der Waals surface area contributed by atoms with Gasteiger partial charge in [0.05, 0.1) is 5.92 Å². The zero-order chi connectivity index (χ0) is 9.56. The zero-order valence-electron chi connectivity index (χ0n) is 8.22. The molecule has 0 aromatic heterocycles. The number of rotatable bonds is 6. The molecule has 0 amide bonds. The molecule has 0 aromatic carbocycles. The van der Waals surface area contributed by atoms with Crippen LogP contribution in [0.3, 0.4) is 0 Å². The molecule has 0 aliphatic heterocycles. The Labute approximate surface area is 74.3 Å². The molecule has 0 aliphatic rings. The Kier molecular flexibility index (Phi) is 5.60. The van der Waals surface area contributed by atoms with Gasteiger partial charge in [0.1, 0.15) is 11.6 Å². The quantitative estimate of drug-likeness (QED) is 0.453. The van der Waals surface area contributed by atoms with Crippen LogP contribution in [-0.4, -0.2) is 11.6 Å². The Morgan fingerprint density at radius 2 is 1.83 bits per heavy atom. The van der Waals surface area contributed by atoms with E-state index in [4.69, 9.17) is 0 Å². The van der Waals surface area contributed by atoms with Crippen molar-refractivity contribution in [1.82, 2.24) is 0 Å². The summed E-state index contributed by atoms with van der Waals surface area (Å²) in [6.07, 6.45) is 3.68. The molecule has 0 rings (SSSR count). The number of unbranched alkanes of at least 4 members (excludes halogenated alkanes) is 2. The Morgan fingerprint density at radius 1 is 1.25 bits per heavy atom. The highest BCUT2D eigenvalue weighted by molar-refractivity contribution is 6.00. The van der Waals surface area contributed by atoms with Gasteiger partial charge < -0.3 is 0 Å². The molecule has 0 N–H and O–H groups in total. The average Bonchev–Trinajstić information content (AvgIpc) is 2.03. The van der Waals surface area contributed by atoms with E-state index in [0.717, 1.165) is 19.3 Å². The molecule has 0 heterocycles. The van der Waals surface area contributed by atoms with Crippen molar-refractivity contribution in [3.63, 3.8) is 0 Å². The second kappa shape index (κ2) is 5.92. The number of hydrogen-bond acceptors (Lipinski definition) is 2. The van der Waals surface area contributed by atoms with Crippen molar-refractivity contribution in [2.45, 2.75) is 46.5 Å². The second-order valence-electron chi connectivity index (χ2n) is 3.26. The first-order valence-corrected chi connectivity index (χ1v) is 4.62. The number of carbonyl (C=O) groups is 2. The molecule has 1 atom stereocenters. The van der Waals surface area contributed by atoms with E-state index in [2.05, 4.69) is 6.92 Å². The lowest BCUT2D eigenvalue weighted by atomic mass is 9.98. The maximum absolute atomic E-state index is 11.2. The average molecular weight is 170 g/mol. The summed E-state index contributed by atoms with van der Waals surface area (Å²) < 4.78 is 0. The first kappa shape index (κ1) is 11.3. The largest absolute Gasteiger partial charge is 0.299 e. The van der Waals surface area contributed by atoms with Crippen LogP contribution in [0.15, 0.2) is 0 Å². The number of Topliss-reactive ketones (excluding diaryl/α,β-unsaturated/α-hetero) is 2. The van der Waals surface area contributed by atoms with E-state index < -0.39 is 0 Å². The lowest BCUT2D eigenvalue weighted by molar-refractivity contribution is -0.130. The predicted octanol–water partition coefficient (Wildman–Crippen LogP) is 2.36. The standard InChI is InChI=1S/C10H18O2/c1-4-5-6-7-10(12)8(2)9(3)11/h8H,4-7H2,1-3H3/t8-/m0/s1. The molecule has 0 saturated heterocycles. The van der Waals surface area contributed by atoms with Crippen LogP contribution in [0.25, 0.3) is 0 Å². The van der Waals surface area contributed by atoms with Gasteiger partial charge in [-0.15, -0.1) is 0 Å². The molecular formula is C10H18O2. The van der Waals surface area contributed by atoms with Crippen LogP contribution in [0, 0.1) is 5.92 Å². The second-order valence-corrected chi connectivity index (χ2v) is 3.26. The number of hydrogen-bond donors (Lipinski definition) is 0. The summed E-state index contributed by atoms with van der Waals surface area (Å²) in [5, 5.41) is 0. The fourth-order valence-corrected chi connectivity index (χ4v) is 0.992. The van der Waals surface area contributed by atoms with Crippen molar-refractivity contribution in [2.24, 2.45) is 5.92 Å². The summed E-state index contributed by atoms with van der Waals surface area (Å²) in [7, 11) is 0. The van der Waals surface area contributed by atoms with Crippen molar-refractivity contribution in [3.8, 4) is 0 Å². The molecule has 0 aliphatic carbocycles. The minimum Gasteiger partial charge on any atom is -0.299 e. The smallest absolute Gasteiger partial charge is 0.143 e. The van der Waals surface area contributed by atoms with E-state index in [1.54, 1.807) is 6.92 Å². The molecule has 12 heavy (non-hydrogen) atoms. The molecule has 0 radical (unpaired) electrons. The van der Waals surface area contributed by atoms with Crippen molar-refractivity contribution in [1.29, 1.82) is 0 Å². The van der Waals surface area contributed by atoms with E-state index in [1.165, 1.54) is 6.92 Å². The Balaban J connectivity index is 3.65. The molecule has 0 spiro atoms. The molecule has 70 valence electrons. The van der Waals surface area contributed by atoms with Gasteiger partial charge in [0.15, 0.2) is 0 Å². The van der Waals surface area contributed by atoms with E-state index in [9.17, 15) is 9.59 Å². The minimum atomic E-state index is -0.387. The van der Waals surface area contributed by atoms with Gasteiger partial charge in [-0.05, 0) is 20.3 Å². The van der Waals surface area contributed by atoms with Crippen LogP contribution in [0.4, 0.5) is 0 Å². The van der Waals surface area contributed by atoms with Crippen LogP contribution in [0.1, 0.15) is 46.5 Å². The fourth-order valence-electron chi connectivity index (χ4n) is 0.992. The zero-order valence-corrected chi connectivity index (χ0v) is 8.22. The summed E-state index contributed by atoms with van der Waals surface area (Å²) in [4.78, 5) is 22.0. The van der Waals surface area contributed by atoms with Crippen molar-refractivity contribution in [2.75, 3.05) is 0 Å². The molecule has 0 aromatic rings. The van der Waals surface area contributed by atoms with Gasteiger partial charge in [0, 0.05) is 6.42 Å². The highest BCUT2D eigenvalue weighted by atomic mass is 16.1. The van der Waals surface area contributed by atoms with Crippen LogP contribution >= 0.6 is 0 Å². The highest BCUT2D eigenvalue weighted by Crippen LogP contribution is 2.07. The molecular weight excluding hydrogens is 152 g/mol. The third kappa shape index (κ3) is 4.27. The molecule has 0 unspecified atom stereocenters. The highest BCUT2D eigenvalue weighted by Gasteiger charge is 2.15. The molecule has 2 heteroatoms. The van der Waals surface area contributed by atoms with Gasteiger partial charge in [-0.1, -0.05) is 19.8 Å². The van der Waals surface area contributed by atoms with Crippen LogP contribution in [-0.2, 0) is 9.59 Å². The van der Waals surface area contributed by atoms with Gasteiger partial charge in [0.2, 0.25) is 0 Å². The summed E-state index contributed by atoms with van der Waals surface area (Å²) in [6, 6.07) is 0. The SMILES string of the molecule is CCCCCC(=O)[C@@H](C)C(C)=O. The lowest BCUT2D eigenvalue weighted by Crippen LogP contribution is -2.18. The minimum absolute atomic E-state index is 0.0171. The van der Waals surface area contributed by atoms with E-state index in [0.29, 0.717) is 6.42 Å². The normalized spacial score (nSPS) is 12.6. The summed E-state index contributed by atoms with van der Waals surface area (Å²) in [6.45, 7) is 5.26. The van der Waals surface area contributed by atoms with Crippen molar-refractivity contribution >= 4 is 11.6 Å². The summed E-state index contributed by atoms with van der Waals surface area (Å²) in [5.74, 6) is -0.311. The first-order chi connectivity index (χ1) is 5.59. The van der Waals surface area contributed by atoms with E-state index in [-0.39, 0.29) is 17.5 Å². The van der Waals surface area contributed by atoms with Gasteiger partial charge in [-0.3, -0.25) is 9.59 Å². The van der Waals surface area contributed by atoms with E-state index in [1.807, 2.05) is 0 Å². The van der Waals surface area contributed by atoms with Crippen LogP contribution in [0.5, 0.6) is 0 Å². The Hall–Kier alpha value is -0.660. The molecule has 2 nitrogen and oxygen atoms in total. The van der Waals surface area contributed by atoms with Gasteiger partial charge >= 0.3 is 0 Å². The van der Waals surface area contributed by atoms with Crippen molar-refractivity contribution < 1.29 is 9.59 Å². The Bertz CT molecular complexity index is 161. The van der Waals surface area contributed by atoms with Gasteiger partial charge in [0.25, 0.3) is 0 Å². The van der Waals surface area contributed by atoms with Crippen LogP contribution < -0.4 is 0 Å². The maximum atomic E-state index is 11.2. The predicted molar refractivity (Wildman–Crippen MR) is 49.0 cm³/mol. The van der Waals surface area contributed by atoms with Gasteiger partial charge in [-0.25, -0.2) is 0 Å². The Morgan fingerprint density at radius 3 is 2.25 bits per heavy atom. The van der Waals surface area contributed by atoms with Crippen LogP contribution in [0.2, 0.25) is 0 Å². The monoisotopic (exact) mass is 170 g/mol. The van der Waals surface area contributed by atoms with Crippen molar-refractivity contribution in [3.05, 3.63) is 0 Å². The lowest BCUT2D eigenvalue weighted by Gasteiger charge is -2.04. The molecule has 0 fully saturated rings. The third-order valence-electron chi connectivity index (χ3n) is 2.12. The fraction of sp³-hybridized carbons (Fsp3) is 0.800. The summed E-state index contributed by atoms with van der Waals surface area (Å²) in [5.41, 5.74) is 0. The maximum Gasteiger partial charge on any atom is 0.143 e.